The van der Waals surface area contributed by atoms with E-state index in [4.69, 9.17) is 0 Å². The van der Waals surface area contributed by atoms with Crippen LogP contribution in [0.5, 0.6) is 0 Å². The summed E-state index contributed by atoms with van der Waals surface area (Å²) < 4.78 is 13.2. The van der Waals surface area contributed by atoms with E-state index in [1.807, 2.05) is 13.8 Å². The number of alkyl halides is 1. The molecule has 1 aliphatic heterocycles. The fourth-order valence-corrected chi connectivity index (χ4v) is 1.07. The zero-order valence-electron chi connectivity index (χ0n) is 7.00. The molecule has 0 saturated carbocycles. The summed E-state index contributed by atoms with van der Waals surface area (Å²) in [6.45, 7) is 5.27. The Hall–Kier alpha value is -0.800. The lowest BCUT2D eigenvalue weighted by Gasteiger charge is -2.21. The van der Waals surface area contributed by atoms with Gasteiger partial charge in [-0.15, -0.1) is 0 Å². The number of hydrogen-bond acceptors (Lipinski definition) is 3. The van der Waals surface area contributed by atoms with E-state index in [1.54, 1.807) is 11.2 Å². The minimum Gasteiger partial charge on any atom is -0.313 e. The highest BCUT2D eigenvalue weighted by Gasteiger charge is 2.24. The molecule has 0 aromatic heterocycles. The molecule has 0 saturated heterocycles. The Bertz CT molecular complexity index is 149. The number of nitrogens with zero attached hydrogens (tertiary/aromatic N) is 3. The lowest BCUT2D eigenvalue weighted by molar-refractivity contribution is 0.0193. The summed E-state index contributed by atoms with van der Waals surface area (Å²) in [6.07, 6.45) is 1.47. The van der Waals surface area contributed by atoms with Crippen molar-refractivity contribution in [3.8, 4) is 0 Å². The molecule has 0 fully saturated rings. The molecule has 0 aromatic carbocycles. The minimum absolute atomic E-state index is 0.623. The second kappa shape index (κ2) is 3.55. The van der Waals surface area contributed by atoms with Gasteiger partial charge in [0.1, 0.15) is 6.34 Å². The third-order valence-corrected chi connectivity index (χ3v) is 1.67. The molecule has 11 heavy (non-hydrogen) atoms. The van der Waals surface area contributed by atoms with Crippen LogP contribution in [0.3, 0.4) is 0 Å². The van der Waals surface area contributed by atoms with Crippen LogP contribution in [0, 0.1) is 0 Å². The van der Waals surface area contributed by atoms with Crippen molar-refractivity contribution in [2.75, 3.05) is 13.1 Å². The lowest BCUT2D eigenvalue weighted by Crippen LogP contribution is -2.36. The monoisotopic (exact) mass is 159 g/mol. The van der Waals surface area contributed by atoms with Crippen molar-refractivity contribution in [1.82, 2.24) is 9.91 Å². The Morgan fingerprint density at radius 2 is 2.27 bits per heavy atom. The average molecular weight is 159 g/mol. The predicted octanol–water partition coefficient (Wildman–Crippen LogP) is 1.23. The van der Waals surface area contributed by atoms with E-state index in [0.29, 0.717) is 6.54 Å². The molecule has 1 unspecified atom stereocenters. The molecule has 1 rings (SSSR count). The van der Waals surface area contributed by atoms with Crippen molar-refractivity contribution in [1.29, 1.82) is 0 Å². The second-order valence-corrected chi connectivity index (χ2v) is 2.54. The van der Waals surface area contributed by atoms with Crippen molar-refractivity contribution in [2.24, 2.45) is 5.10 Å². The van der Waals surface area contributed by atoms with Gasteiger partial charge in [-0.3, -0.25) is 0 Å². The molecular formula is C7H14FN3. The average Bonchev–Trinajstić information content (AvgIpc) is 2.34. The zero-order valence-corrected chi connectivity index (χ0v) is 7.00. The smallest absolute Gasteiger partial charge is 0.265 e. The summed E-state index contributed by atoms with van der Waals surface area (Å²) in [6, 6.07) is 0. The van der Waals surface area contributed by atoms with Gasteiger partial charge < -0.3 is 4.90 Å². The molecule has 0 amide bonds. The van der Waals surface area contributed by atoms with Crippen LogP contribution in [0.4, 0.5) is 4.39 Å². The largest absolute Gasteiger partial charge is 0.313 e. The summed E-state index contributed by atoms with van der Waals surface area (Å²) in [5.41, 5.74) is 0. The molecule has 0 bridgehead atoms. The van der Waals surface area contributed by atoms with E-state index in [-0.39, 0.29) is 0 Å². The lowest BCUT2D eigenvalue weighted by atomic mass is 10.4. The molecule has 1 heterocycles. The van der Waals surface area contributed by atoms with Gasteiger partial charge in [0.15, 0.2) is 0 Å². The van der Waals surface area contributed by atoms with E-state index in [1.165, 1.54) is 5.01 Å². The molecular weight excluding hydrogens is 145 g/mol. The highest BCUT2D eigenvalue weighted by Crippen LogP contribution is 2.12. The van der Waals surface area contributed by atoms with Gasteiger partial charge in [0.05, 0.1) is 0 Å². The van der Waals surface area contributed by atoms with E-state index < -0.39 is 6.42 Å². The van der Waals surface area contributed by atoms with Crippen LogP contribution in [0.1, 0.15) is 20.3 Å². The van der Waals surface area contributed by atoms with E-state index in [0.717, 1.165) is 13.0 Å². The van der Waals surface area contributed by atoms with Crippen molar-refractivity contribution in [2.45, 2.75) is 26.7 Å². The third-order valence-electron chi connectivity index (χ3n) is 1.67. The van der Waals surface area contributed by atoms with Gasteiger partial charge in [-0.05, 0) is 13.3 Å². The molecule has 0 aliphatic carbocycles. The molecule has 0 radical (unpaired) electrons. The molecule has 64 valence electrons. The van der Waals surface area contributed by atoms with Crippen molar-refractivity contribution in [3.05, 3.63) is 0 Å². The first-order chi connectivity index (χ1) is 5.29. The van der Waals surface area contributed by atoms with E-state index in [9.17, 15) is 4.39 Å². The number of hydrazone groups is 1. The second-order valence-electron chi connectivity index (χ2n) is 2.54. The highest BCUT2D eigenvalue weighted by molar-refractivity contribution is 5.56. The van der Waals surface area contributed by atoms with Crippen LogP contribution < -0.4 is 0 Å². The van der Waals surface area contributed by atoms with Gasteiger partial charge in [0, 0.05) is 13.1 Å². The Balaban J connectivity index is 2.42. The number of rotatable bonds is 3. The first-order valence-electron chi connectivity index (χ1n) is 4.00. The van der Waals surface area contributed by atoms with Crippen LogP contribution in [-0.2, 0) is 0 Å². The molecule has 4 heteroatoms. The van der Waals surface area contributed by atoms with Crippen molar-refractivity contribution < 1.29 is 4.39 Å². The maximum Gasteiger partial charge on any atom is 0.265 e. The molecule has 0 spiro atoms. The first kappa shape index (κ1) is 8.30. The van der Waals surface area contributed by atoms with Gasteiger partial charge in [0.2, 0.25) is 0 Å². The molecule has 0 N–H and O–H groups in total. The van der Waals surface area contributed by atoms with Gasteiger partial charge in [-0.1, -0.05) is 6.92 Å². The topological polar surface area (TPSA) is 18.8 Å². The number of halogens is 1. The zero-order chi connectivity index (χ0) is 8.27. The fraction of sp³-hybridized carbons (Fsp3) is 0.857. The highest BCUT2D eigenvalue weighted by atomic mass is 19.1. The van der Waals surface area contributed by atoms with Crippen LogP contribution in [0.15, 0.2) is 5.10 Å². The van der Waals surface area contributed by atoms with Crippen LogP contribution in [0.2, 0.25) is 0 Å². The summed E-state index contributed by atoms with van der Waals surface area (Å²) in [4.78, 5) is 1.60. The molecule has 3 nitrogen and oxygen atoms in total. The minimum atomic E-state index is -1.04. The Morgan fingerprint density at radius 3 is 2.73 bits per heavy atom. The molecule has 1 aliphatic rings. The molecule has 0 aromatic rings. The summed E-state index contributed by atoms with van der Waals surface area (Å²) >= 11 is 0. The van der Waals surface area contributed by atoms with Crippen molar-refractivity contribution >= 4 is 6.34 Å². The standard InChI is InChI=1S/C7H14FN3/c1-3-5-10-6-9-11(4-2)7(10)8/h6-7H,3-5H2,1-2H3. The van der Waals surface area contributed by atoms with Gasteiger partial charge in [-0.2, -0.15) is 9.49 Å². The van der Waals surface area contributed by atoms with Crippen LogP contribution in [0.25, 0.3) is 0 Å². The predicted molar refractivity (Wildman–Crippen MR) is 42.8 cm³/mol. The fourth-order valence-electron chi connectivity index (χ4n) is 1.07. The normalized spacial score (nSPS) is 23.4. The summed E-state index contributed by atoms with van der Waals surface area (Å²) in [5, 5.41) is 5.32. The first-order valence-corrected chi connectivity index (χ1v) is 4.00. The van der Waals surface area contributed by atoms with Gasteiger partial charge >= 0.3 is 0 Å². The van der Waals surface area contributed by atoms with Crippen LogP contribution >= 0.6 is 0 Å². The Labute approximate surface area is 66.5 Å². The van der Waals surface area contributed by atoms with E-state index >= 15 is 0 Å². The molecule has 1 atom stereocenters. The Kier molecular flexibility index (Phi) is 2.68. The SMILES string of the molecule is CCCN1C=NN(CC)C1F. The van der Waals surface area contributed by atoms with Gasteiger partial charge in [-0.25, -0.2) is 5.01 Å². The maximum absolute atomic E-state index is 13.2. The quantitative estimate of drug-likeness (QED) is 0.577. The summed E-state index contributed by atoms with van der Waals surface area (Å²) in [7, 11) is 0. The maximum atomic E-state index is 13.2. The van der Waals surface area contributed by atoms with Gasteiger partial charge in [0.25, 0.3) is 6.42 Å². The van der Waals surface area contributed by atoms with E-state index in [2.05, 4.69) is 5.10 Å². The third kappa shape index (κ3) is 1.61. The Morgan fingerprint density at radius 1 is 1.55 bits per heavy atom. The van der Waals surface area contributed by atoms with Crippen molar-refractivity contribution in [3.63, 3.8) is 0 Å². The van der Waals surface area contributed by atoms with Crippen LogP contribution in [-0.4, -0.2) is 35.8 Å². The number of hydrogen-bond donors (Lipinski definition) is 0. The summed E-state index contributed by atoms with van der Waals surface area (Å²) in [5.74, 6) is 0.